The third kappa shape index (κ3) is 3.32. The Hall–Kier alpha value is -1.12. The number of ether oxygens (including phenoxy) is 1. The van der Waals surface area contributed by atoms with E-state index in [-0.39, 0.29) is 11.8 Å². The predicted molar refractivity (Wildman–Crippen MR) is 54.8 cm³/mol. The molecule has 0 N–H and O–H groups in total. The Kier molecular flexibility index (Phi) is 5.84. The maximum atomic E-state index is 11.4. The summed E-state index contributed by atoms with van der Waals surface area (Å²) >= 11 is 0. The fraction of sp³-hybridized carbons (Fsp3) is 0.636. The molecule has 0 aromatic rings. The molecule has 0 rings (SSSR count). The standard InChI is InChI=1S/C11H18O3/c1-5-7-9(6-2)8(3)10(12)11(13)14-4/h6,8-9H,2,5,7H2,1,3-4H3/t8-,9-/m1/s1. The van der Waals surface area contributed by atoms with Crippen LogP contribution < -0.4 is 0 Å². The lowest BCUT2D eigenvalue weighted by molar-refractivity contribution is -0.153. The first-order chi connectivity index (χ1) is 6.58. The molecule has 3 heteroatoms. The van der Waals surface area contributed by atoms with Crippen LogP contribution in [0.25, 0.3) is 0 Å². The molecule has 0 aliphatic heterocycles. The predicted octanol–water partition coefficient (Wildman–Crippen LogP) is 1.97. The molecule has 2 atom stereocenters. The van der Waals surface area contributed by atoms with E-state index < -0.39 is 11.8 Å². The highest BCUT2D eigenvalue weighted by Gasteiger charge is 2.26. The largest absolute Gasteiger partial charge is 0.463 e. The average Bonchev–Trinajstić information content (AvgIpc) is 2.22. The number of carbonyl (C=O) groups excluding carboxylic acids is 2. The summed E-state index contributed by atoms with van der Waals surface area (Å²) in [6, 6.07) is 0. The summed E-state index contributed by atoms with van der Waals surface area (Å²) in [4.78, 5) is 22.4. The molecule has 0 unspecified atom stereocenters. The van der Waals surface area contributed by atoms with Gasteiger partial charge in [-0.3, -0.25) is 4.79 Å². The molecule has 0 fully saturated rings. The SMILES string of the molecule is C=C[C@H](CCC)[C@@H](C)C(=O)C(=O)OC. The molecule has 80 valence electrons. The number of methoxy groups -OCH3 is 1. The Bertz CT molecular complexity index is 221. The van der Waals surface area contributed by atoms with Gasteiger partial charge in [0, 0.05) is 5.92 Å². The van der Waals surface area contributed by atoms with Crippen LogP contribution in [0.1, 0.15) is 26.7 Å². The van der Waals surface area contributed by atoms with E-state index in [0.29, 0.717) is 0 Å². The summed E-state index contributed by atoms with van der Waals surface area (Å²) in [5.74, 6) is -1.50. The van der Waals surface area contributed by atoms with Crippen molar-refractivity contribution in [3.8, 4) is 0 Å². The first kappa shape index (κ1) is 12.9. The van der Waals surface area contributed by atoms with Crippen LogP contribution in [-0.4, -0.2) is 18.9 Å². The summed E-state index contributed by atoms with van der Waals surface area (Å²) in [7, 11) is 1.22. The molecule has 0 saturated heterocycles. The Morgan fingerprint density at radius 1 is 1.50 bits per heavy atom. The van der Waals surface area contributed by atoms with E-state index >= 15 is 0 Å². The van der Waals surface area contributed by atoms with Gasteiger partial charge in [-0.1, -0.05) is 26.3 Å². The number of rotatable bonds is 6. The van der Waals surface area contributed by atoms with Crippen molar-refractivity contribution in [2.24, 2.45) is 11.8 Å². The number of hydrogen-bond donors (Lipinski definition) is 0. The van der Waals surface area contributed by atoms with Gasteiger partial charge in [-0.05, 0) is 12.3 Å². The average molecular weight is 198 g/mol. The minimum absolute atomic E-state index is 0.0617. The second-order valence-corrected chi connectivity index (χ2v) is 3.33. The molecule has 0 heterocycles. The minimum atomic E-state index is -0.763. The first-order valence-corrected chi connectivity index (χ1v) is 4.83. The quantitative estimate of drug-likeness (QED) is 0.372. The van der Waals surface area contributed by atoms with Crippen LogP contribution in [0.2, 0.25) is 0 Å². The van der Waals surface area contributed by atoms with Crippen molar-refractivity contribution < 1.29 is 14.3 Å². The van der Waals surface area contributed by atoms with Gasteiger partial charge >= 0.3 is 5.97 Å². The molecule has 0 amide bonds. The van der Waals surface area contributed by atoms with E-state index in [1.807, 2.05) is 6.92 Å². The van der Waals surface area contributed by atoms with E-state index in [4.69, 9.17) is 0 Å². The van der Waals surface area contributed by atoms with Gasteiger partial charge in [0.05, 0.1) is 7.11 Å². The summed E-state index contributed by atoms with van der Waals surface area (Å²) in [6.07, 6.45) is 3.57. The topological polar surface area (TPSA) is 43.4 Å². The van der Waals surface area contributed by atoms with Crippen molar-refractivity contribution in [2.45, 2.75) is 26.7 Å². The van der Waals surface area contributed by atoms with Gasteiger partial charge in [0.2, 0.25) is 5.78 Å². The Labute approximate surface area is 85.1 Å². The number of Topliss-reactive ketones (excluding diaryl/α,β-unsaturated/α-hetero) is 1. The van der Waals surface area contributed by atoms with E-state index in [0.717, 1.165) is 12.8 Å². The summed E-state index contributed by atoms with van der Waals surface area (Å²) in [6.45, 7) is 7.43. The van der Waals surface area contributed by atoms with Crippen molar-refractivity contribution in [1.29, 1.82) is 0 Å². The maximum absolute atomic E-state index is 11.4. The van der Waals surface area contributed by atoms with Gasteiger partial charge in [0.1, 0.15) is 0 Å². The Morgan fingerprint density at radius 3 is 2.43 bits per heavy atom. The third-order valence-electron chi connectivity index (χ3n) is 2.37. The second-order valence-electron chi connectivity index (χ2n) is 3.33. The molecular weight excluding hydrogens is 180 g/mol. The van der Waals surface area contributed by atoms with Gasteiger partial charge in [0.15, 0.2) is 0 Å². The van der Waals surface area contributed by atoms with Gasteiger partial charge in [0.25, 0.3) is 0 Å². The monoisotopic (exact) mass is 198 g/mol. The number of carbonyl (C=O) groups is 2. The first-order valence-electron chi connectivity index (χ1n) is 4.83. The molecule has 0 saturated carbocycles. The molecule has 0 spiro atoms. The number of esters is 1. The lowest BCUT2D eigenvalue weighted by Crippen LogP contribution is -2.27. The molecule has 0 radical (unpaired) electrons. The zero-order valence-corrected chi connectivity index (χ0v) is 9.08. The Balaban J connectivity index is 4.41. The second kappa shape index (κ2) is 6.35. The van der Waals surface area contributed by atoms with Crippen LogP contribution >= 0.6 is 0 Å². The van der Waals surface area contributed by atoms with E-state index in [1.54, 1.807) is 13.0 Å². The van der Waals surface area contributed by atoms with Gasteiger partial charge in [-0.2, -0.15) is 0 Å². The van der Waals surface area contributed by atoms with Crippen molar-refractivity contribution in [3.63, 3.8) is 0 Å². The highest BCUT2D eigenvalue weighted by molar-refractivity contribution is 6.34. The summed E-state index contributed by atoms with van der Waals surface area (Å²) in [5, 5.41) is 0. The van der Waals surface area contributed by atoms with E-state index in [1.165, 1.54) is 7.11 Å². The highest BCUT2D eigenvalue weighted by atomic mass is 16.5. The van der Waals surface area contributed by atoms with Crippen molar-refractivity contribution in [1.82, 2.24) is 0 Å². The van der Waals surface area contributed by atoms with E-state index in [2.05, 4.69) is 11.3 Å². The third-order valence-corrected chi connectivity index (χ3v) is 2.37. The van der Waals surface area contributed by atoms with Crippen LogP contribution in [0.5, 0.6) is 0 Å². The Morgan fingerprint density at radius 2 is 2.07 bits per heavy atom. The van der Waals surface area contributed by atoms with E-state index in [9.17, 15) is 9.59 Å². The smallest absolute Gasteiger partial charge is 0.374 e. The minimum Gasteiger partial charge on any atom is -0.463 e. The van der Waals surface area contributed by atoms with Gasteiger partial charge in [-0.25, -0.2) is 4.79 Å². The van der Waals surface area contributed by atoms with Crippen LogP contribution in [0.3, 0.4) is 0 Å². The maximum Gasteiger partial charge on any atom is 0.374 e. The molecule has 0 aliphatic rings. The summed E-state index contributed by atoms with van der Waals surface area (Å²) in [5.41, 5.74) is 0. The van der Waals surface area contributed by atoms with Gasteiger partial charge in [-0.15, -0.1) is 6.58 Å². The lowest BCUT2D eigenvalue weighted by atomic mass is 9.87. The molecule has 0 aromatic heterocycles. The molecule has 3 nitrogen and oxygen atoms in total. The summed E-state index contributed by atoms with van der Waals surface area (Å²) < 4.78 is 4.38. The fourth-order valence-corrected chi connectivity index (χ4v) is 1.39. The number of ketones is 1. The molecule has 14 heavy (non-hydrogen) atoms. The molecular formula is C11H18O3. The lowest BCUT2D eigenvalue weighted by Gasteiger charge is -2.17. The van der Waals surface area contributed by atoms with Crippen LogP contribution in [0.15, 0.2) is 12.7 Å². The molecule has 0 bridgehead atoms. The van der Waals surface area contributed by atoms with Crippen molar-refractivity contribution in [2.75, 3.05) is 7.11 Å². The number of allylic oxidation sites excluding steroid dienone is 1. The number of hydrogen-bond acceptors (Lipinski definition) is 3. The molecule has 0 aromatic carbocycles. The van der Waals surface area contributed by atoms with Crippen molar-refractivity contribution >= 4 is 11.8 Å². The highest BCUT2D eigenvalue weighted by Crippen LogP contribution is 2.19. The zero-order valence-electron chi connectivity index (χ0n) is 9.08. The fourth-order valence-electron chi connectivity index (χ4n) is 1.39. The zero-order chi connectivity index (χ0) is 11.1. The normalized spacial score (nSPS) is 14.2. The van der Waals surface area contributed by atoms with Crippen LogP contribution in [0, 0.1) is 11.8 Å². The van der Waals surface area contributed by atoms with Crippen LogP contribution in [0.4, 0.5) is 0 Å². The molecule has 0 aliphatic carbocycles. The van der Waals surface area contributed by atoms with Crippen molar-refractivity contribution in [3.05, 3.63) is 12.7 Å². The van der Waals surface area contributed by atoms with Crippen LogP contribution in [-0.2, 0) is 14.3 Å². The van der Waals surface area contributed by atoms with Gasteiger partial charge < -0.3 is 4.74 Å².